The molecule has 0 aliphatic rings. The Labute approximate surface area is 414 Å². The molecule has 0 bridgehead atoms. The van der Waals surface area contributed by atoms with E-state index in [1.807, 2.05) is 0 Å². The van der Waals surface area contributed by atoms with Gasteiger partial charge in [-0.2, -0.15) is 0 Å². The fourth-order valence-electron chi connectivity index (χ4n) is 6.99. The lowest BCUT2D eigenvalue weighted by atomic mass is 10.1. The van der Waals surface area contributed by atoms with Crippen LogP contribution in [0, 0.1) is 0 Å². The molecular formula is C56H97O11P. The predicted octanol–water partition coefficient (Wildman–Crippen LogP) is 15.4. The van der Waals surface area contributed by atoms with Crippen LogP contribution >= 0.6 is 7.82 Å². The normalized spacial score (nSPS) is 14.0. The number of carbonyl (C=O) groups excluding carboxylic acids is 3. The van der Waals surface area contributed by atoms with E-state index in [2.05, 4.69) is 93.7 Å². The summed E-state index contributed by atoms with van der Waals surface area (Å²) in [5.74, 6) is -1.53. The van der Waals surface area contributed by atoms with Crippen LogP contribution < -0.4 is 0 Å². The molecule has 0 aromatic carbocycles. The Morgan fingerprint density at radius 3 is 1.26 bits per heavy atom. The molecule has 0 radical (unpaired) electrons. The first-order chi connectivity index (χ1) is 33.2. The molecule has 3 unspecified atom stereocenters. The monoisotopic (exact) mass is 977 g/mol. The maximum Gasteiger partial charge on any atom is 0.472 e. The summed E-state index contributed by atoms with van der Waals surface area (Å²) in [4.78, 5) is 48.3. The molecular weight excluding hydrogens is 880 g/mol. The highest BCUT2D eigenvalue weighted by atomic mass is 31.2. The summed E-state index contributed by atoms with van der Waals surface area (Å²) in [6.45, 7) is 4.39. The number of ether oxygens (including phenoxy) is 3. The summed E-state index contributed by atoms with van der Waals surface area (Å²) in [6.07, 6.45) is 54.4. The quantitative estimate of drug-likeness (QED) is 0.0197. The van der Waals surface area contributed by atoms with Crippen molar-refractivity contribution in [2.75, 3.05) is 26.4 Å². The number of unbranched alkanes of at least 4 members (excludes halogenated alkanes) is 20. The third kappa shape index (κ3) is 48.0. The second kappa shape index (κ2) is 50.3. The molecule has 2 N–H and O–H groups in total. The highest BCUT2D eigenvalue weighted by Gasteiger charge is 2.28. The number of rotatable bonds is 49. The third-order valence-electron chi connectivity index (χ3n) is 11.1. The minimum absolute atomic E-state index is 0.128. The number of aliphatic hydroxyl groups is 1. The molecule has 0 aliphatic heterocycles. The van der Waals surface area contributed by atoms with Crippen LogP contribution in [0.3, 0.4) is 0 Å². The van der Waals surface area contributed by atoms with Crippen molar-refractivity contribution in [3.8, 4) is 0 Å². The lowest BCUT2D eigenvalue weighted by Gasteiger charge is -2.21. The van der Waals surface area contributed by atoms with Crippen LogP contribution in [0.15, 0.2) is 72.9 Å². The standard InChI is InChI=1S/C56H97O11P/c1-4-7-10-13-16-19-22-25-26-29-30-33-36-39-42-45-54(58)63-49-53(67-56(60)47-44-41-38-35-32-28-24-21-18-15-12-9-6-3)51-65-68(61,62)64-50-52(48-57)66-55(59)46-43-40-37-34-31-27-23-20-17-14-11-8-5-2/h9,11-12,14,18,20-21,23,25-26,28,32,52-53,57H,4-8,10,13,15-17,19,22,24,27,29-31,33-51H2,1-3H3,(H,61,62)/b12-9-,14-11-,21-18-,23-20-,26-25-,32-28-. The van der Waals surface area contributed by atoms with Gasteiger partial charge in [0.1, 0.15) is 12.7 Å². The van der Waals surface area contributed by atoms with Crippen molar-refractivity contribution in [2.45, 2.75) is 238 Å². The molecule has 0 rings (SSSR count). The smallest absolute Gasteiger partial charge is 0.462 e. The molecule has 0 spiro atoms. The van der Waals surface area contributed by atoms with Crippen molar-refractivity contribution in [1.82, 2.24) is 0 Å². The van der Waals surface area contributed by atoms with Crippen LogP contribution in [-0.2, 0) is 42.2 Å². The first kappa shape index (κ1) is 64.9. The summed E-state index contributed by atoms with van der Waals surface area (Å²) in [5, 5.41) is 9.78. The molecule has 3 atom stereocenters. The number of aliphatic hydroxyl groups excluding tert-OH is 1. The molecule has 0 saturated heterocycles. The molecule has 11 nitrogen and oxygen atoms in total. The van der Waals surface area contributed by atoms with E-state index >= 15 is 0 Å². The van der Waals surface area contributed by atoms with Gasteiger partial charge in [0, 0.05) is 19.3 Å². The Morgan fingerprint density at radius 1 is 0.426 bits per heavy atom. The summed E-state index contributed by atoms with van der Waals surface area (Å²) in [6, 6.07) is 0. The number of phosphoric ester groups is 1. The van der Waals surface area contributed by atoms with Gasteiger partial charge >= 0.3 is 25.7 Å². The highest BCUT2D eigenvalue weighted by molar-refractivity contribution is 7.47. The van der Waals surface area contributed by atoms with Gasteiger partial charge in [0.25, 0.3) is 0 Å². The topological polar surface area (TPSA) is 155 Å². The number of esters is 3. The van der Waals surface area contributed by atoms with Gasteiger partial charge in [-0.1, -0.05) is 177 Å². The zero-order valence-corrected chi connectivity index (χ0v) is 43.9. The van der Waals surface area contributed by atoms with Gasteiger partial charge in [-0.15, -0.1) is 0 Å². The van der Waals surface area contributed by atoms with Gasteiger partial charge < -0.3 is 24.2 Å². The van der Waals surface area contributed by atoms with E-state index in [4.69, 9.17) is 23.3 Å². The van der Waals surface area contributed by atoms with Crippen LogP contribution in [0.1, 0.15) is 226 Å². The van der Waals surface area contributed by atoms with Crippen molar-refractivity contribution >= 4 is 25.7 Å². The summed E-state index contributed by atoms with van der Waals surface area (Å²) in [5.41, 5.74) is 0. The average Bonchev–Trinajstić information content (AvgIpc) is 3.32. The van der Waals surface area contributed by atoms with E-state index in [0.29, 0.717) is 19.3 Å². The van der Waals surface area contributed by atoms with Gasteiger partial charge in [-0.25, -0.2) is 4.57 Å². The van der Waals surface area contributed by atoms with Gasteiger partial charge in [0.2, 0.25) is 0 Å². The van der Waals surface area contributed by atoms with Crippen LogP contribution in [0.4, 0.5) is 0 Å². The van der Waals surface area contributed by atoms with E-state index in [-0.39, 0.29) is 25.9 Å². The first-order valence-electron chi connectivity index (χ1n) is 26.8. The van der Waals surface area contributed by atoms with Gasteiger partial charge in [-0.05, 0) is 103 Å². The Bertz CT molecular complexity index is 1420. The molecule has 0 aromatic rings. The SMILES string of the molecule is CC/C=C\C/C=C\C/C=C\CCCCCC(=O)OC(COC(=O)CCCCCCC/C=C\CCCCCCCC)COP(=O)(O)OCC(CO)OC(=O)CCCCCCC/C=C\C/C=C\CCC. The second-order valence-electron chi connectivity index (χ2n) is 17.7. The van der Waals surface area contributed by atoms with Crippen LogP contribution in [0.2, 0.25) is 0 Å². The van der Waals surface area contributed by atoms with Crippen molar-refractivity contribution in [1.29, 1.82) is 0 Å². The lowest BCUT2D eigenvalue weighted by molar-refractivity contribution is -0.161. The number of hydrogen-bond donors (Lipinski definition) is 2. The second-order valence-corrected chi connectivity index (χ2v) is 19.1. The number of phosphoric acid groups is 1. The van der Waals surface area contributed by atoms with E-state index in [1.165, 1.54) is 38.5 Å². The fraction of sp³-hybridized carbons (Fsp3) is 0.732. The Hall–Kier alpha value is -3.08. The molecule has 68 heavy (non-hydrogen) atoms. The van der Waals surface area contributed by atoms with Crippen molar-refractivity contribution in [2.24, 2.45) is 0 Å². The van der Waals surface area contributed by atoms with Crippen LogP contribution in [0.25, 0.3) is 0 Å². The zero-order chi connectivity index (χ0) is 49.9. The summed E-state index contributed by atoms with van der Waals surface area (Å²) >= 11 is 0. The number of carbonyl (C=O) groups is 3. The van der Waals surface area contributed by atoms with E-state index in [1.54, 1.807) is 0 Å². The van der Waals surface area contributed by atoms with E-state index < -0.39 is 57.8 Å². The van der Waals surface area contributed by atoms with Crippen molar-refractivity contribution in [3.05, 3.63) is 72.9 Å². The van der Waals surface area contributed by atoms with Crippen molar-refractivity contribution < 1.29 is 52.2 Å². The first-order valence-corrected chi connectivity index (χ1v) is 28.3. The van der Waals surface area contributed by atoms with Gasteiger partial charge in [0.05, 0.1) is 19.8 Å². The lowest BCUT2D eigenvalue weighted by Crippen LogP contribution is -2.30. The van der Waals surface area contributed by atoms with Crippen molar-refractivity contribution in [3.63, 3.8) is 0 Å². The Balaban J connectivity index is 4.79. The molecule has 0 aliphatic carbocycles. The molecule has 0 amide bonds. The number of hydrogen-bond acceptors (Lipinski definition) is 10. The largest absolute Gasteiger partial charge is 0.472 e. The van der Waals surface area contributed by atoms with E-state index in [9.17, 15) is 28.9 Å². The Morgan fingerprint density at radius 2 is 0.794 bits per heavy atom. The van der Waals surface area contributed by atoms with Gasteiger partial charge in [-0.3, -0.25) is 23.4 Å². The fourth-order valence-corrected chi connectivity index (χ4v) is 7.77. The number of allylic oxidation sites excluding steroid dienone is 12. The van der Waals surface area contributed by atoms with Crippen LogP contribution in [-0.4, -0.2) is 66.5 Å². The zero-order valence-electron chi connectivity index (χ0n) is 43.1. The highest BCUT2D eigenvalue weighted by Crippen LogP contribution is 2.43. The summed E-state index contributed by atoms with van der Waals surface area (Å²) < 4.78 is 39.3. The minimum Gasteiger partial charge on any atom is -0.462 e. The maximum atomic E-state index is 12.9. The molecule has 0 fully saturated rings. The maximum absolute atomic E-state index is 12.9. The Kier molecular flexibility index (Phi) is 48.0. The third-order valence-corrected chi connectivity index (χ3v) is 12.0. The molecule has 0 heterocycles. The molecule has 12 heteroatoms. The molecule has 392 valence electrons. The predicted molar refractivity (Wildman–Crippen MR) is 279 cm³/mol. The minimum atomic E-state index is -4.76. The van der Waals surface area contributed by atoms with E-state index in [0.717, 1.165) is 128 Å². The van der Waals surface area contributed by atoms with Gasteiger partial charge in [0.15, 0.2) is 6.10 Å². The molecule has 0 aromatic heterocycles. The molecule has 0 saturated carbocycles. The van der Waals surface area contributed by atoms with Crippen LogP contribution in [0.5, 0.6) is 0 Å². The summed E-state index contributed by atoms with van der Waals surface area (Å²) in [7, 11) is -4.76. The average molecular weight is 977 g/mol.